The van der Waals surface area contributed by atoms with Gasteiger partial charge < -0.3 is 10.1 Å². The summed E-state index contributed by atoms with van der Waals surface area (Å²) in [6.07, 6.45) is 0. The third-order valence-electron chi connectivity index (χ3n) is 2.63. The highest BCUT2D eigenvalue weighted by molar-refractivity contribution is 6.04. The van der Waals surface area contributed by atoms with E-state index >= 15 is 0 Å². The van der Waals surface area contributed by atoms with Crippen LogP contribution in [0.5, 0.6) is 5.75 Å². The van der Waals surface area contributed by atoms with Crippen LogP contribution in [-0.2, 0) is 0 Å². The Labute approximate surface area is 118 Å². The van der Waals surface area contributed by atoms with Crippen LogP contribution in [0.1, 0.15) is 17.3 Å². The second-order valence-corrected chi connectivity index (χ2v) is 4.59. The zero-order chi connectivity index (χ0) is 14.4. The highest BCUT2D eigenvalue weighted by Crippen LogP contribution is 2.17. The van der Waals surface area contributed by atoms with Crippen LogP contribution in [-0.4, -0.2) is 12.5 Å². The largest absolute Gasteiger partial charge is 0.489 e. The zero-order valence-corrected chi connectivity index (χ0v) is 11.4. The molecule has 0 unspecified atom stereocenters. The average Bonchev–Trinajstić information content (AvgIpc) is 2.47. The molecule has 2 aromatic carbocycles. The molecular weight excluding hydrogens is 250 g/mol. The van der Waals surface area contributed by atoms with Crippen LogP contribution in [0.15, 0.2) is 66.7 Å². The van der Waals surface area contributed by atoms with E-state index in [1.165, 1.54) is 0 Å². The first-order valence-corrected chi connectivity index (χ1v) is 6.39. The molecule has 0 atom stereocenters. The number of nitrogens with one attached hydrogen (secondary N) is 1. The molecule has 0 fully saturated rings. The molecule has 1 N–H and O–H groups in total. The van der Waals surface area contributed by atoms with Gasteiger partial charge in [0.25, 0.3) is 5.91 Å². The van der Waals surface area contributed by atoms with Crippen molar-refractivity contribution in [3.8, 4) is 5.75 Å². The van der Waals surface area contributed by atoms with E-state index in [9.17, 15) is 4.79 Å². The van der Waals surface area contributed by atoms with E-state index in [1.54, 1.807) is 12.1 Å². The molecule has 0 saturated heterocycles. The second-order valence-electron chi connectivity index (χ2n) is 4.59. The molecule has 0 aliphatic rings. The maximum absolute atomic E-state index is 12.0. The Bertz CT molecular complexity index is 588. The fourth-order valence-electron chi connectivity index (χ4n) is 1.63. The van der Waals surface area contributed by atoms with Crippen molar-refractivity contribution in [1.82, 2.24) is 0 Å². The number of amides is 1. The summed E-state index contributed by atoms with van der Waals surface area (Å²) in [6, 6.07) is 16.4. The van der Waals surface area contributed by atoms with E-state index < -0.39 is 0 Å². The maximum atomic E-state index is 12.0. The monoisotopic (exact) mass is 267 g/mol. The topological polar surface area (TPSA) is 38.3 Å². The fraction of sp³-hybridized carbons (Fsp3) is 0.118. The molecule has 3 heteroatoms. The first-order valence-electron chi connectivity index (χ1n) is 6.39. The van der Waals surface area contributed by atoms with Gasteiger partial charge in [-0.1, -0.05) is 24.8 Å². The van der Waals surface area contributed by atoms with Crippen LogP contribution >= 0.6 is 0 Å². The molecule has 3 nitrogen and oxygen atoms in total. The number of hydrogen-bond acceptors (Lipinski definition) is 2. The molecule has 2 aromatic rings. The van der Waals surface area contributed by atoms with Gasteiger partial charge in [-0.2, -0.15) is 0 Å². The summed E-state index contributed by atoms with van der Waals surface area (Å²) in [7, 11) is 0. The lowest BCUT2D eigenvalue weighted by atomic mass is 10.2. The van der Waals surface area contributed by atoms with Gasteiger partial charge in [-0.3, -0.25) is 4.79 Å². The van der Waals surface area contributed by atoms with Gasteiger partial charge in [-0.05, 0) is 48.9 Å². The Morgan fingerprint density at radius 3 is 2.35 bits per heavy atom. The molecule has 0 bridgehead atoms. The minimum Gasteiger partial charge on any atom is -0.489 e. The molecule has 0 aliphatic heterocycles. The maximum Gasteiger partial charge on any atom is 0.255 e. The van der Waals surface area contributed by atoms with E-state index in [1.807, 2.05) is 49.4 Å². The first kappa shape index (κ1) is 13.9. The molecular formula is C17H17NO2. The molecule has 1 amide bonds. The van der Waals surface area contributed by atoms with Gasteiger partial charge >= 0.3 is 0 Å². The lowest BCUT2D eigenvalue weighted by Gasteiger charge is -2.08. The van der Waals surface area contributed by atoms with Gasteiger partial charge in [0.1, 0.15) is 12.4 Å². The Kier molecular flexibility index (Phi) is 4.56. The summed E-state index contributed by atoms with van der Waals surface area (Å²) < 4.78 is 5.50. The smallest absolute Gasteiger partial charge is 0.255 e. The van der Waals surface area contributed by atoms with Crippen molar-refractivity contribution in [2.24, 2.45) is 0 Å². The highest BCUT2D eigenvalue weighted by atomic mass is 16.5. The van der Waals surface area contributed by atoms with Crippen LogP contribution in [0.4, 0.5) is 5.69 Å². The number of ether oxygens (including phenoxy) is 1. The minimum atomic E-state index is -0.124. The third-order valence-corrected chi connectivity index (χ3v) is 2.63. The number of carbonyl (C=O) groups is 1. The molecule has 0 radical (unpaired) electrons. The van der Waals surface area contributed by atoms with Gasteiger partial charge in [-0.25, -0.2) is 0 Å². The molecule has 0 heterocycles. The predicted molar refractivity (Wildman–Crippen MR) is 81.1 cm³/mol. The minimum absolute atomic E-state index is 0.124. The van der Waals surface area contributed by atoms with Gasteiger partial charge in [0.05, 0.1) is 0 Å². The Balaban J connectivity index is 1.97. The standard InChI is InChI=1S/C17H17NO2/c1-13(2)12-20-16-10-8-15(9-11-16)18-17(19)14-6-4-3-5-7-14/h3-11H,1,12H2,2H3,(H,18,19). The third kappa shape index (κ3) is 3.99. The van der Waals surface area contributed by atoms with Gasteiger partial charge in [0, 0.05) is 11.3 Å². The number of benzene rings is 2. The van der Waals surface area contributed by atoms with Gasteiger partial charge in [0.2, 0.25) is 0 Å². The van der Waals surface area contributed by atoms with Crippen LogP contribution < -0.4 is 10.1 Å². The average molecular weight is 267 g/mol. The van der Waals surface area contributed by atoms with E-state index in [2.05, 4.69) is 11.9 Å². The predicted octanol–water partition coefficient (Wildman–Crippen LogP) is 3.89. The summed E-state index contributed by atoms with van der Waals surface area (Å²) in [5.41, 5.74) is 2.34. The summed E-state index contributed by atoms with van der Waals surface area (Å²) in [5.74, 6) is 0.631. The van der Waals surface area contributed by atoms with Crippen LogP contribution in [0.3, 0.4) is 0 Å². The molecule has 102 valence electrons. The molecule has 0 spiro atoms. The van der Waals surface area contributed by atoms with Crippen LogP contribution in [0.2, 0.25) is 0 Å². The lowest BCUT2D eigenvalue weighted by Crippen LogP contribution is -2.11. The van der Waals surface area contributed by atoms with Crippen LogP contribution in [0.25, 0.3) is 0 Å². The van der Waals surface area contributed by atoms with E-state index in [0.717, 1.165) is 17.0 Å². The number of rotatable bonds is 5. The quantitative estimate of drug-likeness (QED) is 0.834. The molecule has 0 aromatic heterocycles. The van der Waals surface area contributed by atoms with Crippen molar-refractivity contribution >= 4 is 11.6 Å². The number of hydrogen-bond donors (Lipinski definition) is 1. The molecule has 2 rings (SSSR count). The normalized spacial score (nSPS) is 9.85. The van der Waals surface area contributed by atoms with Gasteiger partial charge in [0.15, 0.2) is 0 Å². The summed E-state index contributed by atoms with van der Waals surface area (Å²) in [6.45, 7) is 6.19. The SMILES string of the molecule is C=C(C)COc1ccc(NC(=O)c2ccccc2)cc1. The van der Waals surface area contributed by atoms with Crippen molar-refractivity contribution in [2.75, 3.05) is 11.9 Å². The molecule has 20 heavy (non-hydrogen) atoms. The Morgan fingerprint density at radius 2 is 1.75 bits per heavy atom. The van der Waals surface area contributed by atoms with Gasteiger partial charge in [-0.15, -0.1) is 0 Å². The lowest BCUT2D eigenvalue weighted by molar-refractivity contribution is 0.102. The Morgan fingerprint density at radius 1 is 1.10 bits per heavy atom. The zero-order valence-electron chi connectivity index (χ0n) is 11.4. The summed E-state index contributed by atoms with van der Waals surface area (Å²) in [4.78, 5) is 12.0. The van der Waals surface area contributed by atoms with E-state index in [4.69, 9.17) is 4.74 Å². The molecule has 0 aliphatic carbocycles. The number of carbonyl (C=O) groups excluding carboxylic acids is 1. The van der Waals surface area contributed by atoms with E-state index in [0.29, 0.717) is 12.2 Å². The van der Waals surface area contributed by atoms with Crippen molar-refractivity contribution in [3.63, 3.8) is 0 Å². The van der Waals surface area contributed by atoms with Crippen molar-refractivity contribution in [2.45, 2.75) is 6.92 Å². The number of anilines is 1. The van der Waals surface area contributed by atoms with Crippen molar-refractivity contribution in [1.29, 1.82) is 0 Å². The van der Waals surface area contributed by atoms with Crippen LogP contribution in [0, 0.1) is 0 Å². The Hall–Kier alpha value is -2.55. The highest BCUT2D eigenvalue weighted by Gasteiger charge is 2.04. The summed E-state index contributed by atoms with van der Waals surface area (Å²) in [5, 5.41) is 2.84. The molecule has 0 saturated carbocycles. The van der Waals surface area contributed by atoms with E-state index in [-0.39, 0.29) is 5.91 Å². The summed E-state index contributed by atoms with van der Waals surface area (Å²) >= 11 is 0. The fourth-order valence-corrected chi connectivity index (χ4v) is 1.63. The first-order chi connectivity index (χ1) is 9.65. The van der Waals surface area contributed by atoms with Crippen molar-refractivity contribution < 1.29 is 9.53 Å². The second kappa shape index (κ2) is 6.57. The van der Waals surface area contributed by atoms with Crippen molar-refractivity contribution in [3.05, 3.63) is 72.3 Å².